The first kappa shape index (κ1) is 66.3. The fourth-order valence-electron chi connectivity index (χ4n) is 9.13. The topological polar surface area (TPSA) is 214 Å². The summed E-state index contributed by atoms with van der Waals surface area (Å²) in [6, 6.07) is 0. The molecule has 11 unspecified atom stereocenters. The van der Waals surface area contributed by atoms with E-state index < -0.39 is 80.7 Å². The summed E-state index contributed by atoms with van der Waals surface area (Å²) in [4.78, 5) is 13.1. The van der Waals surface area contributed by atoms with Crippen LogP contribution in [0.2, 0.25) is 0 Å². The molecule has 2 aliphatic rings. The Morgan fingerprint density at radius 1 is 0.458 bits per heavy atom. The molecule has 2 saturated heterocycles. The Bertz CT molecular complexity index is 1330. The molecule has 72 heavy (non-hydrogen) atoms. The molecule has 0 aliphatic carbocycles. The summed E-state index contributed by atoms with van der Waals surface area (Å²) in [5, 5.41) is 72.3. The fourth-order valence-corrected chi connectivity index (χ4v) is 9.13. The van der Waals surface area contributed by atoms with E-state index in [0.29, 0.717) is 13.0 Å². The van der Waals surface area contributed by atoms with E-state index in [9.17, 15) is 40.5 Å². The molecular formula is C58H106O14. The van der Waals surface area contributed by atoms with Crippen molar-refractivity contribution in [1.82, 2.24) is 0 Å². The lowest BCUT2D eigenvalue weighted by atomic mass is 9.98. The van der Waals surface area contributed by atoms with Crippen LogP contribution in [0.3, 0.4) is 0 Å². The molecule has 0 aromatic heterocycles. The van der Waals surface area contributed by atoms with E-state index in [-0.39, 0.29) is 25.6 Å². The molecule has 2 rings (SSSR count). The van der Waals surface area contributed by atoms with Gasteiger partial charge in [0.1, 0.15) is 54.9 Å². The summed E-state index contributed by atoms with van der Waals surface area (Å²) in [6.07, 6.45) is 36.2. The Labute approximate surface area is 436 Å². The molecular weight excluding hydrogens is 921 g/mol. The number of esters is 1. The SMILES string of the molecule is CCCCCC/C=C\C/C=C\CCCCCCCCCCOCC(COC1OC(COC2OC(CO)C(O)C(O)C2O)C(O)C(O)C1O)OC(=O)CCCCCCCCCCC/C=C\CCCCCCCC. The Morgan fingerprint density at radius 3 is 1.36 bits per heavy atom. The summed E-state index contributed by atoms with van der Waals surface area (Å²) in [7, 11) is 0. The van der Waals surface area contributed by atoms with Gasteiger partial charge in [-0.05, 0) is 70.6 Å². The van der Waals surface area contributed by atoms with Crippen molar-refractivity contribution in [3.8, 4) is 0 Å². The molecule has 14 heteroatoms. The number of carbonyl (C=O) groups excluding carboxylic acids is 1. The van der Waals surface area contributed by atoms with Gasteiger partial charge < -0.3 is 64.2 Å². The summed E-state index contributed by atoms with van der Waals surface area (Å²) >= 11 is 0. The van der Waals surface area contributed by atoms with Crippen LogP contribution >= 0.6 is 0 Å². The molecule has 11 atom stereocenters. The number of aliphatic hydroxyl groups excluding tert-OH is 7. The van der Waals surface area contributed by atoms with Crippen molar-refractivity contribution in [2.45, 2.75) is 293 Å². The highest BCUT2D eigenvalue weighted by Crippen LogP contribution is 2.27. The van der Waals surface area contributed by atoms with Crippen molar-refractivity contribution >= 4 is 5.97 Å². The second kappa shape index (κ2) is 45.4. The second-order valence-corrected chi connectivity index (χ2v) is 20.5. The van der Waals surface area contributed by atoms with Gasteiger partial charge in [-0.2, -0.15) is 0 Å². The Balaban J connectivity index is 1.72. The van der Waals surface area contributed by atoms with E-state index in [4.69, 9.17) is 28.4 Å². The number of rotatable bonds is 47. The maximum atomic E-state index is 13.1. The average Bonchev–Trinajstić information content (AvgIpc) is 3.38. The standard InChI is InChI=1S/C58H106O14/c1-3-5-7-9-11-13-15-17-19-21-23-25-27-29-31-33-35-37-39-41-50(60)70-47(44-67-42-40-38-36-34-32-30-28-26-24-22-20-18-16-14-12-10-8-6-4-2)45-68-57-56(66)54(64)52(62)49(72-57)46-69-58-55(65)53(63)51(61)48(43-59)71-58/h14,16-17,19-20,22,47-49,51-59,61-66H,3-13,15,18,21,23-46H2,1-2H3/b16-14-,19-17-,22-20-. The highest BCUT2D eigenvalue weighted by molar-refractivity contribution is 5.69. The van der Waals surface area contributed by atoms with Crippen molar-refractivity contribution in [2.75, 3.05) is 33.0 Å². The van der Waals surface area contributed by atoms with Gasteiger partial charge in [-0.25, -0.2) is 0 Å². The molecule has 0 saturated carbocycles. The van der Waals surface area contributed by atoms with Crippen LogP contribution in [0.5, 0.6) is 0 Å². The van der Waals surface area contributed by atoms with Gasteiger partial charge >= 0.3 is 5.97 Å². The van der Waals surface area contributed by atoms with Gasteiger partial charge in [0, 0.05) is 13.0 Å². The third kappa shape index (κ3) is 31.9. The maximum Gasteiger partial charge on any atom is 0.306 e. The molecule has 7 N–H and O–H groups in total. The lowest BCUT2D eigenvalue weighted by molar-refractivity contribution is -0.332. The zero-order valence-electron chi connectivity index (χ0n) is 45.2. The summed E-state index contributed by atoms with van der Waals surface area (Å²) < 4.78 is 34.4. The number of hydrogen-bond donors (Lipinski definition) is 7. The minimum atomic E-state index is -1.71. The number of ether oxygens (including phenoxy) is 6. The quantitative estimate of drug-likeness (QED) is 0.0172. The van der Waals surface area contributed by atoms with Crippen LogP contribution in [0.25, 0.3) is 0 Å². The smallest absolute Gasteiger partial charge is 0.306 e. The van der Waals surface area contributed by atoms with Crippen LogP contribution in [-0.2, 0) is 33.2 Å². The van der Waals surface area contributed by atoms with Crippen LogP contribution < -0.4 is 0 Å². The van der Waals surface area contributed by atoms with Crippen LogP contribution in [0.4, 0.5) is 0 Å². The molecule has 422 valence electrons. The predicted octanol–water partition coefficient (Wildman–Crippen LogP) is 10.1. The lowest BCUT2D eigenvalue weighted by Crippen LogP contribution is -2.61. The molecule has 2 aliphatic heterocycles. The van der Waals surface area contributed by atoms with Crippen molar-refractivity contribution in [3.63, 3.8) is 0 Å². The Kier molecular flexibility index (Phi) is 41.8. The summed E-state index contributed by atoms with van der Waals surface area (Å²) in [5.41, 5.74) is 0. The van der Waals surface area contributed by atoms with Gasteiger partial charge in [-0.1, -0.05) is 185 Å². The van der Waals surface area contributed by atoms with Crippen molar-refractivity contribution < 1.29 is 69.0 Å². The molecule has 2 heterocycles. The van der Waals surface area contributed by atoms with Crippen molar-refractivity contribution in [2.24, 2.45) is 0 Å². The normalized spacial score (nSPS) is 25.3. The second-order valence-electron chi connectivity index (χ2n) is 20.5. The number of unbranched alkanes of at least 4 members (excludes halogenated alkanes) is 27. The highest BCUT2D eigenvalue weighted by atomic mass is 16.7. The molecule has 0 radical (unpaired) electrons. The van der Waals surface area contributed by atoms with Crippen LogP contribution in [0.1, 0.15) is 226 Å². The first-order valence-corrected chi connectivity index (χ1v) is 29.1. The molecule has 0 spiro atoms. The van der Waals surface area contributed by atoms with E-state index in [1.807, 2.05) is 0 Å². The molecule has 0 bridgehead atoms. The third-order valence-electron chi connectivity index (χ3n) is 13.9. The minimum Gasteiger partial charge on any atom is -0.457 e. The highest BCUT2D eigenvalue weighted by Gasteiger charge is 2.47. The van der Waals surface area contributed by atoms with Gasteiger partial charge in [0.05, 0.1) is 26.4 Å². The largest absolute Gasteiger partial charge is 0.457 e. The lowest BCUT2D eigenvalue weighted by Gasteiger charge is -2.42. The minimum absolute atomic E-state index is 0.0582. The molecule has 0 aromatic rings. The fraction of sp³-hybridized carbons (Fsp3) is 0.879. The Morgan fingerprint density at radius 2 is 0.861 bits per heavy atom. The van der Waals surface area contributed by atoms with Gasteiger partial charge in [0.15, 0.2) is 12.6 Å². The van der Waals surface area contributed by atoms with Gasteiger partial charge in [0.2, 0.25) is 0 Å². The first-order chi connectivity index (χ1) is 35.1. The van der Waals surface area contributed by atoms with E-state index in [0.717, 1.165) is 51.4 Å². The molecule has 14 nitrogen and oxygen atoms in total. The van der Waals surface area contributed by atoms with Gasteiger partial charge in [0.25, 0.3) is 0 Å². The average molecular weight is 1030 g/mol. The van der Waals surface area contributed by atoms with Crippen LogP contribution in [0.15, 0.2) is 36.5 Å². The van der Waals surface area contributed by atoms with Gasteiger partial charge in [-0.3, -0.25) is 4.79 Å². The molecule has 0 aromatic carbocycles. The van der Waals surface area contributed by atoms with E-state index in [1.54, 1.807) is 0 Å². The molecule has 2 fully saturated rings. The molecule has 0 amide bonds. The number of hydrogen-bond acceptors (Lipinski definition) is 14. The zero-order valence-corrected chi connectivity index (χ0v) is 45.2. The predicted molar refractivity (Wildman–Crippen MR) is 284 cm³/mol. The summed E-state index contributed by atoms with van der Waals surface area (Å²) in [5.74, 6) is -0.378. The van der Waals surface area contributed by atoms with Gasteiger partial charge in [-0.15, -0.1) is 0 Å². The van der Waals surface area contributed by atoms with Crippen molar-refractivity contribution in [3.05, 3.63) is 36.5 Å². The summed E-state index contributed by atoms with van der Waals surface area (Å²) in [6.45, 7) is 3.68. The number of allylic oxidation sites excluding steroid dienone is 6. The monoisotopic (exact) mass is 1030 g/mol. The van der Waals surface area contributed by atoms with E-state index >= 15 is 0 Å². The van der Waals surface area contributed by atoms with Crippen molar-refractivity contribution in [1.29, 1.82) is 0 Å². The third-order valence-corrected chi connectivity index (χ3v) is 13.9. The van der Waals surface area contributed by atoms with Crippen LogP contribution in [-0.4, -0.2) is 142 Å². The number of carbonyl (C=O) groups is 1. The number of aliphatic hydroxyl groups is 7. The Hall–Kier alpha value is -1.79. The maximum absolute atomic E-state index is 13.1. The van der Waals surface area contributed by atoms with Crippen LogP contribution in [0, 0.1) is 0 Å². The zero-order chi connectivity index (χ0) is 52.3. The van der Waals surface area contributed by atoms with E-state index in [1.165, 1.54) is 148 Å². The first-order valence-electron chi connectivity index (χ1n) is 29.1. The van der Waals surface area contributed by atoms with E-state index in [2.05, 4.69) is 50.3 Å².